The van der Waals surface area contributed by atoms with Crippen molar-refractivity contribution in [2.75, 3.05) is 20.2 Å². The number of para-hydroxylation sites is 1. The number of nitrogens with zero attached hydrogens (tertiary/aromatic N) is 1. The van der Waals surface area contributed by atoms with Gasteiger partial charge in [0.1, 0.15) is 10.6 Å². The van der Waals surface area contributed by atoms with Gasteiger partial charge in [0.25, 0.3) is 0 Å². The van der Waals surface area contributed by atoms with Crippen LogP contribution in [0.3, 0.4) is 0 Å². The quantitative estimate of drug-likeness (QED) is 0.875. The second kappa shape index (κ2) is 5.41. The fraction of sp³-hybridized carbons (Fsp3) is 0.462. The van der Waals surface area contributed by atoms with Gasteiger partial charge in [0.05, 0.1) is 12.5 Å². The van der Waals surface area contributed by atoms with Crippen LogP contribution in [0.1, 0.15) is 12.5 Å². The first-order chi connectivity index (χ1) is 9.34. The van der Waals surface area contributed by atoms with Crippen molar-refractivity contribution >= 4 is 16.0 Å². The first-order valence-electron chi connectivity index (χ1n) is 6.28. The van der Waals surface area contributed by atoms with Crippen molar-refractivity contribution in [1.82, 2.24) is 4.31 Å². The molecule has 0 bridgehead atoms. The zero-order valence-corrected chi connectivity index (χ0v) is 12.2. The van der Waals surface area contributed by atoms with E-state index in [1.807, 2.05) is 6.07 Å². The van der Waals surface area contributed by atoms with Crippen LogP contribution in [0.2, 0.25) is 0 Å². The molecule has 1 N–H and O–H groups in total. The van der Waals surface area contributed by atoms with Crippen molar-refractivity contribution in [3.8, 4) is 5.75 Å². The molecule has 2 rings (SSSR count). The summed E-state index contributed by atoms with van der Waals surface area (Å²) in [7, 11) is -2.37. The van der Waals surface area contributed by atoms with Gasteiger partial charge < -0.3 is 9.84 Å². The molecule has 0 spiro atoms. The standard InChI is InChI=1S/C13H17NO5S/c1-9(13(15)16)8-14(2)20(17,18)11-5-3-4-10-6-7-19-12(10)11/h3-5,9H,6-8H2,1-2H3,(H,15,16). The SMILES string of the molecule is CC(CN(C)S(=O)(=O)c1cccc2c1OCC2)C(=O)O. The molecule has 0 saturated heterocycles. The summed E-state index contributed by atoms with van der Waals surface area (Å²) in [5.41, 5.74) is 0.866. The predicted molar refractivity (Wildman–Crippen MR) is 72.3 cm³/mol. The molecule has 0 amide bonds. The number of aliphatic carboxylic acids is 1. The summed E-state index contributed by atoms with van der Waals surface area (Å²) in [5, 5.41) is 8.88. The molecule has 1 heterocycles. The minimum Gasteiger partial charge on any atom is -0.492 e. The molecule has 1 aliphatic rings. The first-order valence-corrected chi connectivity index (χ1v) is 7.72. The van der Waals surface area contributed by atoms with Crippen molar-refractivity contribution in [2.45, 2.75) is 18.2 Å². The maximum atomic E-state index is 12.5. The molecule has 20 heavy (non-hydrogen) atoms. The van der Waals surface area contributed by atoms with Crippen LogP contribution >= 0.6 is 0 Å². The smallest absolute Gasteiger partial charge is 0.307 e. The van der Waals surface area contributed by atoms with E-state index in [4.69, 9.17) is 9.84 Å². The molecule has 7 heteroatoms. The lowest BCUT2D eigenvalue weighted by atomic mass is 10.2. The maximum Gasteiger partial charge on any atom is 0.307 e. The average molecular weight is 299 g/mol. The molecule has 1 aliphatic heterocycles. The van der Waals surface area contributed by atoms with E-state index >= 15 is 0 Å². The minimum absolute atomic E-state index is 0.0820. The first kappa shape index (κ1) is 14.8. The van der Waals surface area contributed by atoms with Gasteiger partial charge in [0.15, 0.2) is 0 Å². The van der Waals surface area contributed by atoms with Crippen LogP contribution in [0, 0.1) is 5.92 Å². The molecule has 110 valence electrons. The Morgan fingerprint density at radius 3 is 2.85 bits per heavy atom. The zero-order valence-electron chi connectivity index (χ0n) is 11.4. The number of carboxylic acid groups (broad SMARTS) is 1. The zero-order chi connectivity index (χ0) is 14.9. The molecule has 6 nitrogen and oxygen atoms in total. The molecular formula is C13H17NO5S. The van der Waals surface area contributed by atoms with Crippen molar-refractivity contribution in [3.63, 3.8) is 0 Å². The van der Waals surface area contributed by atoms with Gasteiger partial charge in [-0.2, -0.15) is 4.31 Å². The highest BCUT2D eigenvalue weighted by molar-refractivity contribution is 7.89. The van der Waals surface area contributed by atoms with Gasteiger partial charge in [0.2, 0.25) is 10.0 Å². The van der Waals surface area contributed by atoms with Gasteiger partial charge in [-0.25, -0.2) is 8.42 Å². The van der Waals surface area contributed by atoms with E-state index in [1.54, 1.807) is 6.07 Å². The molecule has 1 atom stereocenters. The predicted octanol–water partition coefficient (Wildman–Crippen LogP) is 0.963. The Hall–Kier alpha value is -1.60. The molecule has 0 fully saturated rings. The van der Waals surface area contributed by atoms with Gasteiger partial charge in [-0.3, -0.25) is 4.79 Å². The van der Waals surface area contributed by atoms with E-state index in [9.17, 15) is 13.2 Å². The van der Waals surface area contributed by atoms with Crippen LogP contribution in [-0.4, -0.2) is 44.0 Å². The Kier molecular flexibility index (Phi) is 4.01. The second-order valence-electron chi connectivity index (χ2n) is 4.87. The summed E-state index contributed by atoms with van der Waals surface area (Å²) in [5.74, 6) is -1.41. The van der Waals surface area contributed by atoms with Crippen LogP contribution in [0.25, 0.3) is 0 Å². The van der Waals surface area contributed by atoms with Crippen LogP contribution in [-0.2, 0) is 21.2 Å². The van der Waals surface area contributed by atoms with Crippen molar-refractivity contribution in [3.05, 3.63) is 23.8 Å². The van der Waals surface area contributed by atoms with Crippen LogP contribution in [0.5, 0.6) is 5.75 Å². The number of hydrogen-bond donors (Lipinski definition) is 1. The lowest BCUT2D eigenvalue weighted by molar-refractivity contribution is -0.141. The number of carbonyl (C=O) groups is 1. The lowest BCUT2D eigenvalue weighted by Gasteiger charge is -2.20. The Morgan fingerprint density at radius 1 is 1.50 bits per heavy atom. The Morgan fingerprint density at radius 2 is 2.20 bits per heavy atom. The van der Waals surface area contributed by atoms with E-state index in [-0.39, 0.29) is 11.4 Å². The van der Waals surface area contributed by atoms with E-state index in [0.29, 0.717) is 18.8 Å². The van der Waals surface area contributed by atoms with Crippen LogP contribution in [0.15, 0.2) is 23.1 Å². The topological polar surface area (TPSA) is 83.9 Å². The Bertz CT molecular complexity index is 626. The molecule has 1 unspecified atom stereocenters. The van der Waals surface area contributed by atoms with E-state index in [2.05, 4.69) is 0 Å². The van der Waals surface area contributed by atoms with E-state index in [0.717, 1.165) is 9.87 Å². The summed E-state index contributed by atoms with van der Waals surface area (Å²) in [6.45, 7) is 1.86. The summed E-state index contributed by atoms with van der Waals surface area (Å²) in [6, 6.07) is 5.00. The molecule has 0 aliphatic carbocycles. The highest BCUT2D eigenvalue weighted by Gasteiger charge is 2.30. The van der Waals surface area contributed by atoms with Crippen LogP contribution in [0.4, 0.5) is 0 Å². The van der Waals surface area contributed by atoms with E-state index in [1.165, 1.54) is 20.0 Å². The van der Waals surface area contributed by atoms with E-state index < -0.39 is 21.9 Å². The van der Waals surface area contributed by atoms with Gasteiger partial charge >= 0.3 is 5.97 Å². The maximum absolute atomic E-state index is 12.5. The van der Waals surface area contributed by atoms with Crippen LogP contribution < -0.4 is 4.74 Å². The monoisotopic (exact) mass is 299 g/mol. The van der Waals surface area contributed by atoms with Crippen molar-refractivity contribution < 1.29 is 23.1 Å². The third-order valence-corrected chi connectivity index (χ3v) is 5.17. The Balaban J connectivity index is 2.31. The lowest BCUT2D eigenvalue weighted by Crippen LogP contribution is -2.33. The van der Waals surface area contributed by atoms with Crippen molar-refractivity contribution in [2.24, 2.45) is 5.92 Å². The third-order valence-electron chi connectivity index (χ3n) is 3.32. The average Bonchev–Trinajstić information content (AvgIpc) is 2.85. The van der Waals surface area contributed by atoms with Crippen molar-refractivity contribution in [1.29, 1.82) is 0 Å². The number of fused-ring (bicyclic) bond motifs is 1. The number of carboxylic acids is 1. The second-order valence-corrected chi connectivity index (χ2v) is 6.88. The Labute approximate surface area is 118 Å². The molecule has 0 radical (unpaired) electrons. The largest absolute Gasteiger partial charge is 0.492 e. The number of hydrogen-bond acceptors (Lipinski definition) is 4. The molecular weight excluding hydrogens is 282 g/mol. The molecule has 1 aromatic carbocycles. The summed E-state index contributed by atoms with van der Waals surface area (Å²) < 4.78 is 31.5. The van der Waals surface area contributed by atoms with Gasteiger partial charge in [-0.05, 0) is 11.6 Å². The summed E-state index contributed by atoms with van der Waals surface area (Å²) >= 11 is 0. The number of sulfonamides is 1. The fourth-order valence-corrected chi connectivity index (χ4v) is 3.55. The number of rotatable bonds is 5. The summed E-state index contributed by atoms with van der Waals surface area (Å²) in [6.07, 6.45) is 0.688. The molecule has 0 aromatic heterocycles. The third kappa shape index (κ3) is 2.64. The normalized spacial score (nSPS) is 15.8. The fourth-order valence-electron chi connectivity index (χ4n) is 2.12. The number of benzene rings is 1. The highest BCUT2D eigenvalue weighted by atomic mass is 32.2. The summed E-state index contributed by atoms with van der Waals surface area (Å²) in [4.78, 5) is 10.9. The van der Waals surface area contributed by atoms with Gasteiger partial charge in [-0.15, -0.1) is 0 Å². The molecule has 1 aromatic rings. The number of ether oxygens (including phenoxy) is 1. The van der Waals surface area contributed by atoms with Gasteiger partial charge in [0, 0.05) is 20.0 Å². The molecule has 0 saturated carbocycles. The highest BCUT2D eigenvalue weighted by Crippen LogP contribution is 2.34. The minimum atomic E-state index is -3.75. The van der Waals surface area contributed by atoms with Gasteiger partial charge in [-0.1, -0.05) is 19.1 Å².